The van der Waals surface area contributed by atoms with Crippen LogP contribution in [0.5, 0.6) is 0 Å². The van der Waals surface area contributed by atoms with Gasteiger partial charge >= 0.3 is 12.1 Å². The summed E-state index contributed by atoms with van der Waals surface area (Å²) in [5.74, 6) is -0.954. The number of hydrogen-bond donors (Lipinski definition) is 1. The Balaban J connectivity index is 2.16. The predicted molar refractivity (Wildman–Crippen MR) is 92.7 cm³/mol. The van der Waals surface area contributed by atoms with E-state index in [1.165, 1.54) is 17.7 Å². The van der Waals surface area contributed by atoms with Gasteiger partial charge in [0.2, 0.25) is 0 Å². The number of aromatic nitrogens is 3. The molecule has 0 radical (unpaired) electrons. The Bertz CT molecular complexity index is 1000. The quantitative estimate of drug-likeness (QED) is 0.697. The van der Waals surface area contributed by atoms with Crippen LogP contribution >= 0.6 is 11.6 Å². The summed E-state index contributed by atoms with van der Waals surface area (Å²) in [5, 5.41) is 9.65. The molecule has 3 aromatic rings. The predicted octanol–water partition coefficient (Wildman–Crippen LogP) is 4.67. The lowest BCUT2D eigenvalue weighted by molar-refractivity contribution is -0.137. The van der Waals surface area contributed by atoms with Crippen molar-refractivity contribution in [3.63, 3.8) is 0 Å². The first-order chi connectivity index (χ1) is 12.7. The lowest BCUT2D eigenvalue weighted by Gasteiger charge is -2.14. The summed E-state index contributed by atoms with van der Waals surface area (Å²) in [5.41, 5.74) is -0.0712. The number of aromatic carboxylic acids is 1. The van der Waals surface area contributed by atoms with Crippen molar-refractivity contribution in [2.24, 2.45) is 0 Å². The first-order valence-corrected chi connectivity index (χ1v) is 8.12. The molecule has 0 saturated heterocycles. The summed E-state index contributed by atoms with van der Waals surface area (Å²) < 4.78 is 40.4. The van der Waals surface area contributed by atoms with Crippen molar-refractivity contribution in [1.82, 2.24) is 14.5 Å². The molecule has 2 heterocycles. The number of alkyl halides is 3. The van der Waals surface area contributed by atoms with Crippen molar-refractivity contribution in [1.29, 1.82) is 0 Å². The lowest BCUT2D eigenvalue weighted by Crippen LogP contribution is -2.13. The second-order valence-corrected chi connectivity index (χ2v) is 6.21. The summed E-state index contributed by atoms with van der Waals surface area (Å²) >= 11 is 6.07. The van der Waals surface area contributed by atoms with Crippen LogP contribution in [0.4, 0.5) is 13.2 Å². The first kappa shape index (κ1) is 18.9. The van der Waals surface area contributed by atoms with Crippen molar-refractivity contribution in [2.45, 2.75) is 19.6 Å². The molecule has 0 fully saturated rings. The highest BCUT2D eigenvalue weighted by Crippen LogP contribution is 2.33. The zero-order valence-electron chi connectivity index (χ0n) is 14.0. The minimum absolute atomic E-state index is 0.0998. The van der Waals surface area contributed by atoms with E-state index >= 15 is 0 Å². The van der Waals surface area contributed by atoms with Crippen LogP contribution in [0, 0.1) is 6.92 Å². The number of carbonyl (C=O) groups is 1. The highest BCUT2D eigenvalue weighted by molar-refractivity contribution is 6.31. The van der Waals surface area contributed by atoms with Crippen LogP contribution in [0.1, 0.15) is 27.3 Å². The Labute approximate surface area is 157 Å². The van der Waals surface area contributed by atoms with Gasteiger partial charge in [0.25, 0.3) is 0 Å². The van der Waals surface area contributed by atoms with Crippen molar-refractivity contribution in [2.75, 3.05) is 0 Å². The highest BCUT2D eigenvalue weighted by Gasteiger charge is 2.31. The van der Waals surface area contributed by atoms with E-state index in [1.54, 1.807) is 18.3 Å². The molecule has 0 spiro atoms. The second kappa shape index (κ2) is 7.03. The molecule has 0 aliphatic rings. The van der Waals surface area contributed by atoms with E-state index in [2.05, 4.69) is 9.97 Å². The summed E-state index contributed by atoms with van der Waals surface area (Å²) in [6, 6.07) is 6.28. The topological polar surface area (TPSA) is 68.0 Å². The van der Waals surface area contributed by atoms with Crippen LogP contribution < -0.4 is 0 Å². The highest BCUT2D eigenvalue weighted by atomic mass is 35.5. The number of aryl methyl sites for hydroxylation is 1. The second-order valence-electron chi connectivity index (χ2n) is 5.81. The van der Waals surface area contributed by atoms with Gasteiger partial charge in [0.05, 0.1) is 17.8 Å². The number of nitrogens with zero attached hydrogens (tertiary/aromatic N) is 3. The summed E-state index contributed by atoms with van der Waals surface area (Å²) in [6.45, 7) is 1.34. The van der Waals surface area contributed by atoms with E-state index in [-0.39, 0.29) is 34.3 Å². The first-order valence-electron chi connectivity index (χ1n) is 7.75. The number of carboxylic acid groups (broad SMARTS) is 1. The maximum Gasteiger partial charge on any atom is 0.416 e. The average molecular weight is 396 g/mol. The zero-order chi connectivity index (χ0) is 19.8. The number of imidazole rings is 1. The van der Waals surface area contributed by atoms with E-state index in [0.29, 0.717) is 5.56 Å². The molecule has 0 bridgehead atoms. The maximum atomic E-state index is 13.0. The molecule has 140 valence electrons. The molecule has 0 aliphatic carbocycles. The van der Waals surface area contributed by atoms with Crippen LogP contribution in [-0.2, 0) is 12.7 Å². The smallest absolute Gasteiger partial charge is 0.416 e. The van der Waals surface area contributed by atoms with Crippen molar-refractivity contribution >= 4 is 17.6 Å². The Morgan fingerprint density at radius 2 is 2.04 bits per heavy atom. The van der Waals surface area contributed by atoms with E-state index in [4.69, 9.17) is 11.6 Å². The van der Waals surface area contributed by atoms with E-state index in [0.717, 1.165) is 18.2 Å². The van der Waals surface area contributed by atoms with Gasteiger partial charge in [-0.25, -0.2) is 9.78 Å². The van der Waals surface area contributed by atoms with Gasteiger partial charge in [-0.15, -0.1) is 0 Å². The third-order valence-corrected chi connectivity index (χ3v) is 4.33. The van der Waals surface area contributed by atoms with E-state index < -0.39 is 17.7 Å². The lowest BCUT2D eigenvalue weighted by atomic mass is 10.1. The molecule has 9 heteroatoms. The molecular weight excluding hydrogens is 383 g/mol. The van der Waals surface area contributed by atoms with Gasteiger partial charge < -0.3 is 9.67 Å². The fourth-order valence-electron chi connectivity index (χ4n) is 2.76. The van der Waals surface area contributed by atoms with Crippen LogP contribution in [0.2, 0.25) is 5.02 Å². The van der Waals surface area contributed by atoms with Gasteiger partial charge in [-0.1, -0.05) is 11.6 Å². The summed E-state index contributed by atoms with van der Waals surface area (Å²) in [7, 11) is 0. The van der Waals surface area contributed by atoms with Crippen molar-refractivity contribution < 1.29 is 23.1 Å². The van der Waals surface area contributed by atoms with Crippen LogP contribution in [0.3, 0.4) is 0 Å². The fraction of sp³-hybridized carbons (Fsp3) is 0.167. The van der Waals surface area contributed by atoms with Gasteiger partial charge in [-0.3, -0.25) is 4.98 Å². The molecule has 27 heavy (non-hydrogen) atoms. The van der Waals surface area contributed by atoms with Crippen molar-refractivity contribution in [3.05, 3.63) is 70.3 Å². The molecule has 0 amide bonds. The normalized spacial score (nSPS) is 11.6. The Morgan fingerprint density at radius 1 is 1.30 bits per heavy atom. The number of hydrogen-bond acceptors (Lipinski definition) is 3. The Morgan fingerprint density at radius 3 is 2.63 bits per heavy atom. The number of rotatable bonds is 4. The van der Waals surface area contributed by atoms with Crippen LogP contribution in [0.25, 0.3) is 11.4 Å². The molecule has 0 unspecified atom stereocenters. The summed E-state index contributed by atoms with van der Waals surface area (Å²) in [4.78, 5) is 20.0. The molecule has 1 aromatic carbocycles. The van der Waals surface area contributed by atoms with E-state index in [1.807, 2.05) is 0 Å². The van der Waals surface area contributed by atoms with Gasteiger partial charge in [-0.2, -0.15) is 13.2 Å². The zero-order valence-corrected chi connectivity index (χ0v) is 14.7. The molecule has 2 aromatic heterocycles. The van der Waals surface area contributed by atoms with E-state index in [9.17, 15) is 23.1 Å². The Hall–Kier alpha value is -2.87. The van der Waals surface area contributed by atoms with Gasteiger partial charge in [0.1, 0.15) is 5.82 Å². The number of halogens is 4. The standard InChI is InChI=1S/C18H13ClF3N3O2/c1-10-15(17(26)27)25(16(24-10)11-3-2-6-23-8-11)9-12-7-13(18(20,21)22)4-5-14(12)19/h2-8H,9H2,1H3,(H,26,27). The van der Waals surface area contributed by atoms with Gasteiger partial charge in [-0.05, 0) is 42.8 Å². The summed E-state index contributed by atoms with van der Waals surface area (Å²) in [6.07, 6.45) is -1.49. The molecule has 0 aliphatic heterocycles. The SMILES string of the molecule is Cc1nc(-c2cccnc2)n(Cc2cc(C(F)(F)F)ccc2Cl)c1C(=O)O. The molecular formula is C18H13ClF3N3O2. The molecule has 0 saturated carbocycles. The molecule has 1 N–H and O–H groups in total. The largest absolute Gasteiger partial charge is 0.477 e. The maximum absolute atomic E-state index is 13.0. The number of benzene rings is 1. The third kappa shape index (κ3) is 3.80. The fourth-order valence-corrected chi connectivity index (χ4v) is 2.93. The molecule has 5 nitrogen and oxygen atoms in total. The molecule has 3 rings (SSSR count). The van der Waals surface area contributed by atoms with Gasteiger partial charge in [0.15, 0.2) is 5.69 Å². The Kier molecular flexibility index (Phi) is 4.93. The monoisotopic (exact) mass is 395 g/mol. The minimum Gasteiger partial charge on any atom is -0.477 e. The van der Waals surface area contributed by atoms with Gasteiger partial charge in [0, 0.05) is 23.0 Å². The third-order valence-electron chi connectivity index (χ3n) is 3.97. The number of pyridine rings is 1. The van der Waals surface area contributed by atoms with Crippen LogP contribution in [0.15, 0.2) is 42.7 Å². The molecule has 0 atom stereocenters. The number of carboxylic acids is 1. The minimum atomic E-state index is -4.54. The van der Waals surface area contributed by atoms with Crippen LogP contribution in [-0.4, -0.2) is 25.6 Å². The van der Waals surface area contributed by atoms with Crippen molar-refractivity contribution in [3.8, 4) is 11.4 Å². The average Bonchev–Trinajstić information content (AvgIpc) is 2.93.